The Kier molecular flexibility index (Phi) is 7.16. The van der Waals surface area contributed by atoms with Gasteiger partial charge in [-0.25, -0.2) is 0 Å². The quantitative estimate of drug-likeness (QED) is 0.789. The summed E-state index contributed by atoms with van der Waals surface area (Å²) in [6.45, 7) is 9.46. The average Bonchev–Trinajstić information content (AvgIpc) is 2.54. The fourth-order valence-electron chi connectivity index (χ4n) is 2.61. The van der Waals surface area contributed by atoms with Crippen molar-refractivity contribution >= 4 is 0 Å². The van der Waals surface area contributed by atoms with Crippen molar-refractivity contribution in [1.82, 2.24) is 9.80 Å². The summed E-state index contributed by atoms with van der Waals surface area (Å²) in [5.41, 5.74) is 1.31. The van der Waals surface area contributed by atoms with Crippen LogP contribution in [0.5, 0.6) is 0 Å². The first-order valence-electron chi connectivity index (χ1n) is 8.02. The van der Waals surface area contributed by atoms with Gasteiger partial charge in [0.25, 0.3) is 0 Å². The SMILES string of the molecule is CCC(O)CN(CCN1CCOCC1)Cc1ccccc1. The lowest BCUT2D eigenvalue weighted by molar-refractivity contribution is 0.0290. The second-order valence-electron chi connectivity index (χ2n) is 5.74. The molecule has 1 unspecified atom stereocenters. The molecule has 2 rings (SSSR count). The minimum atomic E-state index is -0.238. The maximum Gasteiger partial charge on any atom is 0.0664 e. The van der Waals surface area contributed by atoms with Gasteiger partial charge in [0.15, 0.2) is 0 Å². The van der Waals surface area contributed by atoms with E-state index in [0.717, 1.165) is 58.9 Å². The van der Waals surface area contributed by atoms with Crippen molar-refractivity contribution in [3.05, 3.63) is 35.9 Å². The predicted octanol–water partition coefficient (Wildman–Crippen LogP) is 1.59. The van der Waals surface area contributed by atoms with Crippen LogP contribution in [0.2, 0.25) is 0 Å². The Morgan fingerprint density at radius 3 is 2.62 bits per heavy atom. The molecule has 1 aliphatic heterocycles. The predicted molar refractivity (Wildman–Crippen MR) is 85.3 cm³/mol. The fraction of sp³-hybridized carbons (Fsp3) is 0.647. The van der Waals surface area contributed by atoms with E-state index in [1.54, 1.807) is 0 Å². The highest BCUT2D eigenvalue weighted by Gasteiger charge is 2.14. The second kappa shape index (κ2) is 9.15. The van der Waals surface area contributed by atoms with E-state index in [2.05, 4.69) is 34.1 Å². The van der Waals surface area contributed by atoms with Crippen LogP contribution >= 0.6 is 0 Å². The van der Waals surface area contributed by atoms with Crippen LogP contribution in [-0.4, -0.2) is 66.9 Å². The topological polar surface area (TPSA) is 35.9 Å². The molecule has 0 radical (unpaired) electrons. The standard InChI is InChI=1S/C17H28N2O2/c1-2-17(20)15-19(14-16-6-4-3-5-7-16)9-8-18-10-12-21-13-11-18/h3-7,17,20H,2,8-15H2,1H3. The molecule has 1 fully saturated rings. The number of aliphatic hydroxyl groups is 1. The van der Waals surface area contributed by atoms with E-state index < -0.39 is 0 Å². The van der Waals surface area contributed by atoms with E-state index in [1.807, 2.05) is 13.0 Å². The number of rotatable bonds is 8. The molecule has 1 N–H and O–H groups in total. The molecule has 1 aromatic carbocycles. The van der Waals surface area contributed by atoms with Gasteiger partial charge in [-0.3, -0.25) is 9.80 Å². The summed E-state index contributed by atoms with van der Waals surface area (Å²) in [7, 11) is 0. The van der Waals surface area contributed by atoms with Gasteiger partial charge in [-0.1, -0.05) is 37.3 Å². The third-order valence-corrected chi connectivity index (χ3v) is 4.03. The Morgan fingerprint density at radius 2 is 1.95 bits per heavy atom. The number of nitrogens with zero attached hydrogens (tertiary/aromatic N) is 2. The lowest BCUT2D eigenvalue weighted by Gasteiger charge is -2.31. The lowest BCUT2D eigenvalue weighted by atomic mass is 10.2. The molecule has 0 aromatic heterocycles. The number of aliphatic hydroxyl groups excluding tert-OH is 1. The van der Waals surface area contributed by atoms with Gasteiger partial charge in [-0.15, -0.1) is 0 Å². The molecule has 1 heterocycles. The molecule has 1 saturated heterocycles. The minimum Gasteiger partial charge on any atom is -0.392 e. The van der Waals surface area contributed by atoms with E-state index >= 15 is 0 Å². The summed E-state index contributed by atoms with van der Waals surface area (Å²) in [6.07, 6.45) is 0.571. The van der Waals surface area contributed by atoms with Gasteiger partial charge in [-0.2, -0.15) is 0 Å². The highest BCUT2D eigenvalue weighted by Crippen LogP contribution is 2.07. The van der Waals surface area contributed by atoms with Crippen molar-refractivity contribution in [3.8, 4) is 0 Å². The van der Waals surface area contributed by atoms with Crippen molar-refractivity contribution in [1.29, 1.82) is 0 Å². The van der Waals surface area contributed by atoms with Gasteiger partial charge in [-0.05, 0) is 12.0 Å². The number of morpholine rings is 1. The summed E-state index contributed by atoms with van der Waals surface area (Å²) in [4.78, 5) is 4.80. The van der Waals surface area contributed by atoms with Crippen LogP contribution in [0, 0.1) is 0 Å². The van der Waals surface area contributed by atoms with E-state index in [0.29, 0.717) is 0 Å². The first kappa shape index (κ1) is 16.4. The summed E-state index contributed by atoms with van der Waals surface area (Å²) < 4.78 is 5.39. The van der Waals surface area contributed by atoms with Crippen LogP contribution < -0.4 is 0 Å². The molecule has 118 valence electrons. The summed E-state index contributed by atoms with van der Waals surface area (Å²) in [6, 6.07) is 10.5. The molecule has 21 heavy (non-hydrogen) atoms. The van der Waals surface area contributed by atoms with Crippen LogP contribution in [0.1, 0.15) is 18.9 Å². The van der Waals surface area contributed by atoms with E-state index in [-0.39, 0.29) is 6.10 Å². The van der Waals surface area contributed by atoms with Crippen molar-refractivity contribution in [2.45, 2.75) is 26.0 Å². The lowest BCUT2D eigenvalue weighted by Crippen LogP contribution is -2.42. The zero-order valence-corrected chi connectivity index (χ0v) is 13.1. The average molecular weight is 292 g/mol. The molecule has 4 heteroatoms. The van der Waals surface area contributed by atoms with Crippen LogP contribution in [0.25, 0.3) is 0 Å². The minimum absolute atomic E-state index is 0.238. The Hall–Kier alpha value is -0.940. The third-order valence-electron chi connectivity index (χ3n) is 4.03. The Bertz CT molecular complexity index is 380. The largest absolute Gasteiger partial charge is 0.392 e. The fourth-order valence-corrected chi connectivity index (χ4v) is 2.61. The Labute approximate surface area is 128 Å². The number of hydrogen-bond acceptors (Lipinski definition) is 4. The van der Waals surface area contributed by atoms with E-state index in [4.69, 9.17) is 4.74 Å². The smallest absolute Gasteiger partial charge is 0.0664 e. The first-order chi connectivity index (χ1) is 10.3. The third kappa shape index (κ3) is 6.14. The van der Waals surface area contributed by atoms with Gasteiger partial charge < -0.3 is 9.84 Å². The van der Waals surface area contributed by atoms with Gasteiger partial charge in [0.2, 0.25) is 0 Å². The molecule has 1 aliphatic rings. The number of benzene rings is 1. The monoisotopic (exact) mass is 292 g/mol. The summed E-state index contributed by atoms with van der Waals surface area (Å²) >= 11 is 0. The van der Waals surface area contributed by atoms with Gasteiger partial charge in [0.1, 0.15) is 0 Å². The number of hydrogen-bond donors (Lipinski definition) is 1. The van der Waals surface area contributed by atoms with Crippen LogP contribution in [0.3, 0.4) is 0 Å². The molecule has 4 nitrogen and oxygen atoms in total. The van der Waals surface area contributed by atoms with Gasteiger partial charge in [0.05, 0.1) is 19.3 Å². The summed E-state index contributed by atoms with van der Waals surface area (Å²) in [5, 5.41) is 9.97. The Balaban J connectivity index is 1.85. The maximum absolute atomic E-state index is 9.97. The molecule has 1 aromatic rings. The van der Waals surface area contributed by atoms with Crippen LogP contribution in [0.15, 0.2) is 30.3 Å². The van der Waals surface area contributed by atoms with E-state index in [1.165, 1.54) is 5.56 Å². The van der Waals surface area contributed by atoms with Crippen molar-refractivity contribution in [2.75, 3.05) is 45.9 Å². The molecule has 0 amide bonds. The second-order valence-corrected chi connectivity index (χ2v) is 5.74. The summed E-state index contributed by atoms with van der Waals surface area (Å²) in [5.74, 6) is 0. The maximum atomic E-state index is 9.97. The van der Waals surface area contributed by atoms with Crippen LogP contribution in [-0.2, 0) is 11.3 Å². The number of ether oxygens (including phenoxy) is 1. The van der Waals surface area contributed by atoms with Crippen LogP contribution in [0.4, 0.5) is 0 Å². The molecule has 0 saturated carbocycles. The van der Waals surface area contributed by atoms with Gasteiger partial charge >= 0.3 is 0 Å². The highest BCUT2D eigenvalue weighted by molar-refractivity contribution is 5.14. The molecule has 1 atom stereocenters. The highest BCUT2D eigenvalue weighted by atomic mass is 16.5. The Morgan fingerprint density at radius 1 is 1.24 bits per heavy atom. The van der Waals surface area contributed by atoms with Gasteiger partial charge in [0, 0.05) is 39.3 Å². The molecule has 0 bridgehead atoms. The first-order valence-corrected chi connectivity index (χ1v) is 8.02. The molecular formula is C17H28N2O2. The van der Waals surface area contributed by atoms with E-state index in [9.17, 15) is 5.11 Å². The van der Waals surface area contributed by atoms with Crippen molar-refractivity contribution in [3.63, 3.8) is 0 Å². The molecule has 0 aliphatic carbocycles. The van der Waals surface area contributed by atoms with Crippen molar-refractivity contribution in [2.24, 2.45) is 0 Å². The molecule has 0 spiro atoms. The molecular weight excluding hydrogens is 264 g/mol. The zero-order valence-electron chi connectivity index (χ0n) is 13.1. The van der Waals surface area contributed by atoms with Crippen molar-refractivity contribution < 1.29 is 9.84 Å². The normalized spacial score (nSPS) is 18.0. The zero-order chi connectivity index (χ0) is 14.9.